The first kappa shape index (κ1) is 37.3. The van der Waals surface area contributed by atoms with Crippen molar-refractivity contribution in [2.75, 3.05) is 0 Å². The van der Waals surface area contributed by atoms with Crippen molar-refractivity contribution in [1.82, 2.24) is 0 Å². The smallest absolute Gasteiger partial charge is 0.152 e. The van der Waals surface area contributed by atoms with Crippen molar-refractivity contribution in [3.05, 3.63) is 0 Å². The molecule has 0 saturated heterocycles. The van der Waals surface area contributed by atoms with Crippen molar-refractivity contribution in [2.24, 2.45) is 0 Å². The molecule has 0 aromatic rings. The van der Waals surface area contributed by atoms with Crippen molar-refractivity contribution < 1.29 is 19.4 Å². The van der Waals surface area contributed by atoms with E-state index in [9.17, 15) is 9.59 Å². The minimum Gasteiger partial charge on any atom is -0.300 e. The first-order valence-electron chi connectivity index (χ1n) is 17.0. The fourth-order valence-corrected chi connectivity index (χ4v) is 5.15. The van der Waals surface area contributed by atoms with E-state index in [0.717, 1.165) is 38.3 Å². The zero-order chi connectivity index (χ0) is 27.8. The van der Waals surface area contributed by atoms with E-state index < -0.39 is 12.2 Å². The van der Waals surface area contributed by atoms with Crippen molar-refractivity contribution >= 4 is 12.6 Å². The van der Waals surface area contributed by atoms with Crippen LogP contribution in [-0.2, 0) is 19.4 Å². The van der Waals surface area contributed by atoms with E-state index in [4.69, 9.17) is 9.78 Å². The van der Waals surface area contributed by atoms with Crippen molar-refractivity contribution in [3.8, 4) is 0 Å². The highest BCUT2D eigenvalue weighted by Gasteiger charge is 2.14. The van der Waals surface area contributed by atoms with Crippen LogP contribution in [0, 0.1) is 0 Å². The molecule has 2 unspecified atom stereocenters. The van der Waals surface area contributed by atoms with E-state index >= 15 is 0 Å². The van der Waals surface area contributed by atoms with Crippen LogP contribution in [0.1, 0.15) is 194 Å². The van der Waals surface area contributed by atoms with Crippen LogP contribution in [0.4, 0.5) is 0 Å². The number of carbonyl (C=O) groups is 2. The van der Waals surface area contributed by atoms with E-state index in [1.165, 1.54) is 141 Å². The first-order chi connectivity index (χ1) is 18.8. The van der Waals surface area contributed by atoms with Crippen LogP contribution in [0.3, 0.4) is 0 Å². The molecular formula is C34H66O4. The molecule has 0 amide bonds. The van der Waals surface area contributed by atoms with E-state index in [1.807, 2.05) is 0 Å². The minimum absolute atomic E-state index is 0.559. The molecule has 4 nitrogen and oxygen atoms in total. The molecule has 0 spiro atoms. The van der Waals surface area contributed by atoms with Crippen LogP contribution in [0.2, 0.25) is 0 Å². The van der Waals surface area contributed by atoms with Gasteiger partial charge in [-0.25, -0.2) is 9.78 Å². The molecule has 0 aliphatic heterocycles. The molecule has 0 aliphatic carbocycles. The first-order valence-corrected chi connectivity index (χ1v) is 17.0. The second-order valence-electron chi connectivity index (χ2n) is 11.6. The predicted octanol–water partition coefficient (Wildman–Crippen LogP) is 11.0. The minimum atomic E-state index is -0.559. The van der Waals surface area contributed by atoms with Crippen molar-refractivity contribution in [3.63, 3.8) is 0 Å². The van der Waals surface area contributed by atoms with Gasteiger partial charge in [0.15, 0.2) is 12.6 Å². The fourth-order valence-electron chi connectivity index (χ4n) is 5.15. The average Bonchev–Trinajstić information content (AvgIpc) is 2.94. The van der Waals surface area contributed by atoms with Crippen LogP contribution < -0.4 is 0 Å². The maximum atomic E-state index is 11.3. The summed E-state index contributed by atoms with van der Waals surface area (Å²) in [6.07, 6.45) is 35.8. The highest BCUT2D eigenvalue weighted by Crippen LogP contribution is 2.16. The Balaban J connectivity index is 3.53. The molecule has 38 heavy (non-hydrogen) atoms. The largest absolute Gasteiger partial charge is 0.300 e. The van der Waals surface area contributed by atoms with Gasteiger partial charge in [-0.15, -0.1) is 0 Å². The van der Waals surface area contributed by atoms with Crippen LogP contribution >= 0.6 is 0 Å². The van der Waals surface area contributed by atoms with Gasteiger partial charge in [-0.1, -0.05) is 181 Å². The molecule has 0 saturated carbocycles. The summed E-state index contributed by atoms with van der Waals surface area (Å²) in [5.74, 6) is 0. The summed E-state index contributed by atoms with van der Waals surface area (Å²) in [6.45, 7) is 4.54. The molecule has 0 rings (SSSR count). The van der Waals surface area contributed by atoms with Gasteiger partial charge < -0.3 is 9.59 Å². The number of carbonyl (C=O) groups excluding carboxylic acids is 2. The van der Waals surface area contributed by atoms with Gasteiger partial charge in [-0.05, 0) is 12.8 Å². The lowest BCUT2D eigenvalue weighted by Crippen LogP contribution is -2.22. The summed E-state index contributed by atoms with van der Waals surface area (Å²) in [4.78, 5) is 33.3. The molecule has 0 bridgehead atoms. The Morgan fingerprint density at radius 2 is 0.579 bits per heavy atom. The summed E-state index contributed by atoms with van der Waals surface area (Å²) in [5.41, 5.74) is 0. The van der Waals surface area contributed by atoms with Crippen molar-refractivity contribution in [1.29, 1.82) is 0 Å². The Kier molecular flexibility index (Phi) is 31.8. The standard InChI is InChI=1S/C34H66O4/c1-3-5-7-9-11-13-15-17-19-21-23-25-27-29-33(31-35)37-38-34(32-36)30-28-26-24-22-20-18-16-14-12-10-8-6-4-2/h31-34H,3-30H2,1-2H3. The van der Waals surface area contributed by atoms with Crippen LogP contribution in [0.15, 0.2) is 0 Å². The Morgan fingerprint density at radius 1 is 0.368 bits per heavy atom. The normalized spacial score (nSPS) is 13.0. The van der Waals surface area contributed by atoms with Crippen LogP contribution in [0.25, 0.3) is 0 Å². The zero-order valence-corrected chi connectivity index (χ0v) is 25.7. The number of hydrogen-bond donors (Lipinski definition) is 0. The molecule has 226 valence electrons. The van der Waals surface area contributed by atoms with Crippen LogP contribution in [-0.4, -0.2) is 24.8 Å². The molecule has 0 heterocycles. The maximum absolute atomic E-state index is 11.3. The fraction of sp³-hybridized carbons (Fsp3) is 0.941. The Labute approximate surface area is 237 Å². The zero-order valence-electron chi connectivity index (χ0n) is 25.7. The number of unbranched alkanes of at least 4 members (excludes halogenated alkanes) is 24. The highest BCUT2D eigenvalue weighted by atomic mass is 17.2. The summed E-state index contributed by atoms with van der Waals surface area (Å²) < 4.78 is 0. The van der Waals surface area contributed by atoms with Gasteiger partial charge in [0.2, 0.25) is 0 Å². The summed E-state index contributed by atoms with van der Waals surface area (Å²) in [7, 11) is 0. The molecule has 4 heteroatoms. The third-order valence-corrected chi connectivity index (χ3v) is 7.79. The molecule has 0 fully saturated rings. The van der Waals surface area contributed by atoms with E-state index in [2.05, 4.69) is 13.8 Å². The lowest BCUT2D eigenvalue weighted by Gasteiger charge is -2.15. The number of hydrogen-bond acceptors (Lipinski definition) is 4. The van der Waals surface area contributed by atoms with Gasteiger partial charge >= 0.3 is 0 Å². The van der Waals surface area contributed by atoms with E-state index in [-0.39, 0.29) is 0 Å². The number of aldehydes is 2. The summed E-state index contributed by atoms with van der Waals surface area (Å²) in [5, 5.41) is 0. The third-order valence-electron chi connectivity index (χ3n) is 7.79. The lowest BCUT2D eigenvalue weighted by atomic mass is 10.0. The quantitative estimate of drug-likeness (QED) is 0.0361. The number of rotatable bonds is 33. The van der Waals surface area contributed by atoms with Gasteiger partial charge in [0, 0.05) is 0 Å². The second-order valence-corrected chi connectivity index (χ2v) is 11.6. The predicted molar refractivity (Wildman–Crippen MR) is 162 cm³/mol. The molecule has 0 radical (unpaired) electrons. The van der Waals surface area contributed by atoms with Crippen LogP contribution in [0.5, 0.6) is 0 Å². The SMILES string of the molecule is CCCCCCCCCCCCCCCC(C=O)OOC(C=O)CCCCCCCCCCCCCCC. The molecule has 0 aliphatic rings. The lowest BCUT2D eigenvalue weighted by molar-refractivity contribution is -0.333. The highest BCUT2D eigenvalue weighted by molar-refractivity contribution is 5.56. The molecule has 2 atom stereocenters. The van der Waals surface area contributed by atoms with Gasteiger partial charge in [-0.3, -0.25) is 0 Å². The Hall–Kier alpha value is -0.740. The maximum Gasteiger partial charge on any atom is 0.152 e. The summed E-state index contributed by atoms with van der Waals surface area (Å²) >= 11 is 0. The molecule has 0 aromatic carbocycles. The van der Waals surface area contributed by atoms with Gasteiger partial charge in [0.05, 0.1) is 0 Å². The Morgan fingerprint density at radius 3 is 0.789 bits per heavy atom. The van der Waals surface area contributed by atoms with Gasteiger partial charge in [-0.2, -0.15) is 0 Å². The molecular weight excluding hydrogens is 472 g/mol. The topological polar surface area (TPSA) is 52.6 Å². The molecule has 0 N–H and O–H groups in total. The van der Waals surface area contributed by atoms with E-state index in [1.54, 1.807) is 0 Å². The Bertz CT molecular complexity index is 425. The third kappa shape index (κ3) is 28.3. The summed E-state index contributed by atoms with van der Waals surface area (Å²) in [6, 6.07) is 0. The van der Waals surface area contributed by atoms with Gasteiger partial charge in [0.1, 0.15) is 12.2 Å². The second kappa shape index (κ2) is 32.5. The monoisotopic (exact) mass is 538 g/mol. The molecule has 0 aromatic heterocycles. The van der Waals surface area contributed by atoms with Crippen molar-refractivity contribution in [2.45, 2.75) is 206 Å². The van der Waals surface area contributed by atoms with Gasteiger partial charge in [0.25, 0.3) is 0 Å². The van der Waals surface area contributed by atoms with E-state index in [0.29, 0.717) is 12.8 Å². The average molecular weight is 539 g/mol.